The van der Waals surface area contributed by atoms with E-state index in [9.17, 15) is 14.4 Å². The van der Waals surface area contributed by atoms with Gasteiger partial charge in [0.15, 0.2) is 0 Å². The van der Waals surface area contributed by atoms with Crippen molar-refractivity contribution in [1.29, 1.82) is 0 Å². The Morgan fingerprint density at radius 2 is 1.91 bits per heavy atom. The standard InChI is InChI=1S/C15H18ClN3O3/c1-15(2,14(17)22)18-13(21)9-7-12(20)19(8-9)11-5-3-10(16)4-6-11/h3-6,9H,7-8H2,1-2H3,(H2,17,22)(H,18,21). The van der Waals surface area contributed by atoms with E-state index in [4.69, 9.17) is 17.3 Å². The van der Waals surface area contributed by atoms with Crippen LogP contribution in [0.5, 0.6) is 0 Å². The summed E-state index contributed by atoms with van der Waals surface area (Å²) in [5.41, 5.74) is 4.78. The molecule has 1 unspecified atom stereocenters. The Hall–Kier alpha value is -2.08. The zero-order chi connectivity index (χ0) is 16.5. The van der Waals surface area contributed by atoms with Crippen molar-refractivity contribution in [3.8, 4) is 0 Å². The molecule has 0 saturated carbocycles. The molecule has 1 saturated heterocycles. The van der Waals surface area contributed by atoms with Gasteiger partial charge in [-0.05, 0) is 38.1 Å². The van der Waals surface area contributed by atoms with Crippen LogP contribution < -0.4 is 16.0 Å². The summed E-state index contributed by atoms with van der Waals surface area (Å²) in [5.74, 6) is -1.63. The summed E-state index contributed by atoms with van der Waals surface area (Å²) in [4.78, 5) is 37.1. The number of nitrogens with one attached hydrogen (secondary N) is 1. The molecule has 118 valence electrons. The number of carbonyl (C=O) groups is 3. The van der Waals surface area contributed by atoms with Crippen LogP contribution in [0, 0.1) is 5.92 Å². The van der Waals surface area contributed by atoms with Gasteiger partial charge in [-0.1, -0.05) is 11.6 Å². The normalized spacial score (nSPS) is 18.4. The molecular formula is C15H18ClN3O3. The molecule has 0 bridgehead atoms. The van der Waals surface area contributed by atoms with Gasteiger partial charge < -0.3 is 16.0 Å². The van der Waals surface area contributed by atoms with Gasteiger partial charge in [0, 0.05) is 23.7 Å². The van der Waals surface area contributed by atoms with Crippen molar-refractivity contribution in [3.63, 3.8) is 0 Å². The van der Waals surface area contributed by atoms with Gasteiger partial charge in [0.1, 0.15) is 5.54 Å². The zero-order valence-electron chi connectivity index (χ0n) is 12.4. The van der Waals surface area contributed by atoms with E-state index in [0.717, 1.165) is 0 Å². The summed E-state index contributed by atoms with van der Waals surface area (Å²) in [6.07, 6.45) is 0.100. The fraction of sp³-hybridized carbons (Fsp3) is 0.400. The number of carbonyl (C=O) groups excluding carboxylic acids is 3. The van der Waals surface area contributed by atoms with Crippen LogP contribution in [0.3, 0.4) is 0 Å². The molecular weight excluding hydrogens is 306 g/mol. The predicted molar refractivity (Wildman–Crippen MR) is 83.3 cm³/mol. The average molecular weight is 324 g/mol. The Morgan fingerprint density at radius 1 is 1.32 bits per heavy atom. The molecule has 1 aromatic rings. The third kappa shape index (κ3) is 3.39. The van der Waals surface area contributed by atoms with Crippen molar-refractivity contribution in [3.05, 3.63) is 29.3 Å². The first-order chi connectivity index (χ1) is 10.2. The molecule has 7 heteroatoms. The van der Waals surface area contributed by atoms with Crippen molar-refractivity contribution < 1.29 is 14.4 Å². The maximum absolute atomic E-state index is 12.2. The highest BCUT2D eigenvalue weighted by molar-refractivity contribution is 6.30. The van der Waals surface area contributed by atoms with Crippen molar-refractivity contribution in [2.75, 3.05) is 11.4 Å². The van der Waals surface area contributed by atoms with Crippen LogP contribution in [0.4, 0.5) is 5.69 Å². The van der Waals surface area contributed by atoms with E-state index in [1.165, 1.54) is 18.7 Å². The van der Waals surface area contributed by atoms with Crippen LogP contribution in [0.2, 0.25) is 5.02 Å². The highest BCUT2D eigenvalue weighted by Crippen LogP contribution is 2.26. The summed E-state index contributed by atoms with van der Waals surface area (Å²) >= 11 is 5.82. The van der Waals surface area contributed by atoms with E-state index < -0.39 is 17.4 Å². The lowest BCUT2D eigenvalue weighted by atomic mass is 10.0. The number of primary amides is 1. The van der Waals surface area contributed by atoms with Gasteiger partial charge in [-0.25, -0.2) is 0 Å². The largest absolute Gasteiger partial charge is 0.368 e. The van der Waals surface area contributed by atoms with E-state index >= 15 is 0 Å². The molecule has 1 heterocycles. The molecule has 1 atom stereocenters. The first-order valence-corrected chi connectivity index (χ1v) is 7.26. The van der Waals surface area contributed by atoms with E-state index in [1.807, 2.05) is 0 Å². The SMILES string of the molecule is CC(C)(NC(=O)C1CC(=O)N(c2ccc(Cl)cc2)C1)C(N)=O. The van der Waals surface area contributed by atoms with E-state index in [1.54, 1.807) is 24.3 Å². The van der Waals surface area contributed by atoms with Crippen LogP contribution in [0.15, 0.2) is 24.3 Å². The monoisotopic (exact) mass is 323 g/mol. The Kier molecular flexibility index (Phi) is 4.42. The van der Waals surface area contributed by atoms with Gasteiger partial charge >= 0.3 is 0 Å². The van der Waals surface area contributed by atoms with Gasteiger partial charge in [-0.15, -0.1) is 0 Å². The van der Waals surface area contributed by atoms with Gasteiger partial charge in [0.2, 0.25) is 17.7 Å². The highest BCUT2D eigenvalue weighted by atomic mass is 35.5. The number of rotatable bonds is 4. The minimum absolute atomic E-state index is 0.100. The quantitative estimate of drug-likeness (QED) is 0.868. The van der Waals surface area contributed by atoms with Crippen molar-refractivity contribution in [2.45, 2.75) is 25.8 Å². The first kappa shape index (κ1) is 16.3. The van der Waals surface area contributed by atoms with Crippen LogP contribution in [-0.2, 0) is 14.4 Å². The number of halogens is 1. The smallest absolute Gasteiger partial charge is 0.242 e. The Bertz CT molecular complexity index is 613. The lowest BCUT2D eigenvalue weighted by Crippen LogP contribution is -2.54. The molecule has 1 aliphatic rings. The fourth-order valence-electron chi connectivity index (χ4n) is 2.23. The number of hydrogen-bond donors (Lipinski definition) is 2. The minimum atomic E-state index is -1.15. The summed E-state index contributed by atoms with van der Waals surface area (Å²) in [7, 11) is 0. The molecule has 0 aliphatic carbocycles. The molecule has 1 aliphatic heterocycles. The minimum Gasteiger partial charge on any atom is -0.368 e. The molecule has 0 aromatic heterocycles. The molecule has 2 rings (SSSR count). The highest BCUT2D eigenvalue weighted by Gasteiger charge is 2.38. The van der Waals surface area contributed by atoms with Crippen LogP contribution in [0.25, 0.3) is 0 Å². The number of benzene rings is 1. The molecule has 0 radical (unpaired) electrons. The topological polar surface area (TPSA) is 92.5 Å². The summed E-state index contributed by atoms with van der Waals surface area (Å²) in [6, 6.07) is 6.84. The van der Waals surface area contributed by atoms with Crippen molar-refractivity contribution in [2.24, 2.45) is 11.7 Å². The molecule has 22 heavy (non-hydrogen) atoms. The molecule has 0 spiro atoms. The second-order valence-electron chi connectivity index (χ2n) is 5.86. The number of nitrogens with two attached hydrogens (primary N) is 1. The van der Waals surface area contributed by atoms with Crippen LogP contribution in [-0.4, -0.2) is 29.8 Å². The number of anilines is 1. The molecule has 1 aromatic carbocycles. The molecule has 3 amide bonds. The molecule has 1 fully saturated rings. The Labute approximate surface area is 133 Å². The van der Waals surface area contributed by atoms with Gasteiger partial charge in [0.05, 0.1) is 5.92 Å². The van der Waals surface area contributed by atoms with E-state index in [-0.39, 0.29) is 24.8 Å². The zero-order valence-corrected chi connectivity index (χ0v) is 13.2. The van der Waals surface area contributed by atoms with Crippen molar-refractivity contribution >= 4 is 35.0 Å². The maximum Gasteiger partial charge on any atom is 0.242 e. The van der Waals surface area contributed by atoms with Gasteiger partial charge in [0.25, 0.3) is 0 Å². The second-order valence-corrected chi connectivity index (χ2v) is 6.30. The average Bonchev–Trinajstić information content (AvgIpc) is 2.81. The fourth-order valence-corrected chi connectivity index (χ4v) is 2.35. The lowest BCUT2D eigenvalue weighted by molar-refractivity contribution is -0.132. The van der Waals surface area contributed by atoms with Crippen molar-refractivity contribution in [1.82, 2.24) is 5.32 Å². The predicted octanol–water partition coefficient (Wildman–Crippen LogP) is 1.07. The molecule has 6 nitrogen and oxygen atoms in total. The van der Waals surface area contributed by atoms with Gasteiger partial charge in [-0.3, -0.25) is 14.4 Å². The van der Waals surface area contributed by atoms with E-state index in [2.05, 4.69) is 5.32 Å². The molecule has 3 N–H and O–H groups in total. The van der Waals surface area contributed by atoms with Crippen LogP contribution in [0.1, 0.15) is 20.3 Å². The number of hydrogen-bond acceptors (Lipinski definition) is 3. The second kappa shape index (κ2) is 5.96. The Morgan fingerprint density at radius 3 is 2.45 bits per heavy atom. The summed E-state index contributed by atoms with van der Waals surface area (Å²) in [6.45, 7) is 3.32. The summed E-state index contributed by atoms with van der Waals surface area (Å²) in [5, 5.41) is 3.16. The third-order valence-electron chi connectivity index (χ3n) is 3.69. The Balaban J connectivity index is 2.07. The third-order valence-corrected chi connectivity index (χ3v) is 3.94. The summed E-state index contributed by atoms with van der Waals surface area (Å²) < 4.78 is 0. The van der Waals surface area contributed by atoms with Crippen LogP contribution >= 0.6 is 11.6 Å². The number of nitrogens with zero attached hydrogens (tertiary/aromatic N) is 1. The van der Waals surface area contributed by atoms with E-state index in [0.29, 0.717) is 10.7 Å². The lowest BCUT2D eigenvalue weighted by Gasteiger charge is -2.24. The number of amides is 3. The maximum atomic E-state index is 12.2. The van der Waals surface area contributed by atoms with Gasteiger partial charge in [-0.2, -0.15) is 0 Å². The first-order valence-electron chi connectivity index (χ1n) is 6.88.